The van der Waals surface area contributed by atoms with Crippen LogP contribution in [0.25, 0.3) is 22.3 Å². The van der Waals surface area contributed by atoms with Crippen LogP contribution in [0.2, 0.25) is 0 Å². The second-order valence-corrected chi connectivity index (χ2v) is 11.8. The molecule has 37 heavy (non-hydrogen) atoms. The van der Waals surface area contributed by atoms with E-state index in [1.165, 1.54) is 40.7 Å². The first-order chi connectivity index (χ1) is 17.6. The minimum absolute atomic E-state index is 0.140. The van der Waals surface area contributed by atoms with E-state index in [1.54, 1.807) is 6.92 Å². The van der Waals surface area contributed by atoms with E-state index >= 15 is 0 Å². The van der Waals surface area contributed by atoms with Gasteiger partial charge in [-0.25, -0.2) is 0 Å². The Morgan fingerprint density at radius 1 is 0.811 bits per heavy atom. The molecule has 1 amide bonds. The van der Waals surface area contributed by atoms with Crippen LogP contribution in [-0.2, 0) is 15.6 Å². The molecule has 4 rings (SSSR count). The number of nitrogens with zero attached hydrogens (tertiary/aromatic N) is 1. The van der Waals surface area contributed by atoms with Crippen molar-refractivity contribution in [3.05, 3.63) is 77.9 Å². The van der Waals surface area contributed by atoms with Gasteiger partial charge in [-0.2, -0.15) is 0 Å². The van der Waals surface area contributed by atoms with Gasteiger partial charge in [0.05, 0.1) is 6.61 Å². The van der Waals surface area contributed by atoms with Crippen molar-refractivity contribution in [2.75, 3.05) is 19.7 Å². The normalized spacial score (nSPS) is 15.6. The molecule has 0 atom stereocenters. The summed E-state index contributed by atoms with van der Waals surface area (Å²) in [5, 5.41) is 0. The minimum atomic E-state index is 0.140. The highest BCUT2D eigenvalue weighted by Crippen LogP contribution is 2.47. The van der Waals surface area contributed by atoms with Gasteiger partial charge in [-0.3, -0.25) is 4.79 Å². The number of ether oxygens (including phenoxy) is 1. The van der Waals surface area contributed by atoms with Gasteiger partial charge in [-0.1, -0.05) is 82.3 Å². The second kappa shape index (κ2) is 11.1. The van der Waals surface area contributed by atoms with Crippen molar-refractivity contribution in [3.63, 3.8) is 0 Å². The molecule has 3 aromatic carbocycles. The number of carbonyl (C=O) groups is 1. The van der Waals surface area contributed by atoms with E-state index in [2.05, 4.69) is 94.4 Å². The standard InChI is InChI=1S/C34H43NO2/c1-7-35(25(2)36)21-11-12-22-37-32-18-16-27(26-13-9-8-10-14-26)23-29(32)28-15-17-30-31(24-28)34(5,6)20-19-33(30,3)4/h8-10,13-18,23-24H,7,11-12,19-22H2,1-6H3. The molecule has 0 saturated carbocycles. The SMILES string of the molecule is CCN(CCCCOc1ccc(-c2ccccc2)cc1-c1ccc2c(c1)C(C)(C)CCC2(C)C)C(C)=O. The zero-order valence-electron chi connectivity index (χ0n) is 23.6. The summed E-state index contributed by atoms with van der Waals surface area (Å²) in [6.07, 6.45) is 4.25. The fourth-order valence-electron chi connectivity index (χ4n) is 5.57. The maximum atomic E-state index is 11.7. The molecule has 1 aliphatic rings. The third kappa shape index (κ3) is 6.09. The van der Waals surface area contributed by atoms with Crippen LogP contribution in [0, 0.1) is 0 Å². The highest BCUT2D eigenvalue weighted by Gasteiger charge is 2.37. The monoisotopic (exact) mass is 497 g/mol. The predicted molar refractivity (Wildman–Crippen MR) is 155 cm³/mol. The molecule has 0 radical (unpaired) electrons. The van der Waals surface area contributed by atoms with Crippen LogP contribution in [0.3, 0.4) is 0 Å². The first-order valence-electron chi connectivity index (χ1n) is 13.9. The van der Waals surface area contributed by atoms with E-state index in [1.807, 2.05) is 11.8 Å². The molecule has 3 heteroatoms. The highest BCUT2D eigenvalue weighted by molar-refractivity contribution is 5.78. The number of carbonyl (C=O) groups excluding carboxylic acids is 1. The molecule has 0 N–H and O–H groups in total. The van der Waals surface area contributed by atoms with Crippen molar-refractivity contribution in [2.45, 2.75) is 78.1 Å². The van der Waals surface area contributed by atoms with Gasteiger partial charge in [-0.15, -0.1) is 0 Å². The molecule has 3 nitrogen and oxygen atoms in total. The first-order valence-corrected chi connectivity index (χ1v) is 13.9. The molecule has 0 aromatic heterocycles. The smallest absolute Gasteiger partial charge is 0.219 e. The number of hydrogen-bond acceptors (Lipinski definition) is 2. The Bertz CT molecular complexity index is 1230. The van der Waals surface area contributed by atoms with E-state index in [4.69, 9.17) is 4.74 Å². The van der Waals surface area contributed by atoms with Gasteiger partial charge in [-0.05, 0) is 83.4 Å². The number of rotatable bonds is 9. The third-order valence-corrected chi connectivity index (χ3v) is 8.16. The lowest BCUT2D eigenvalue weighted by Crippen LogP contribution is -2.33. The average Bonchev–Trinajstić information content (AvgIpc) is 2.89. The van der Waals surface area contributed by atoms with Crippen LogP contribution >= 0.6 is 0 Å². The number of unbranched alkanes of at least 4 members (excludes halogenated alkanes) is 1. The van der Waals surface area contributed by atoms with Crippen LogP contribution < -0.4 is 4.74 Å². The molecule has 1 aliphatic carbocycles. The van der Waals surface area contributed by atoms with Crippen LogP contribution in [0.4, 0.5) is 0 Å². The molecule has 0 bridgehead atoms. The summed E-state index contributed by atoms with van der Waals surface area (Å²) in [4.78, 5) is 13.6. The van der Waals surface area contributed by atoms with Crippen LogP contribution in [0.5, 0.6) is 5.75 Å². The second-order valence-electron chi connectivity index (χ2n) is 11.8. The topological polar surface area (TPSA) is 29.5 Å². The summed E-state index contributed by atoms with van der Waals surface area (Å²) in [5.74, 6) is 1.06. The molecule has 196 valence electrons. The van der Waals surface area contributed by atoms with E-state index in [9.17, 15) is 4.79 Å². The van der Waals surface area contributed by atoms with Gasteiger partial charge in [0, 0.05) is 25.6 Å². The van der Waals surface area contributed by atoms with E-state index in [0.29, 0.717) is 6.61 Å². The summed E-state index contributed by atoms with van der Waals surface area (Å²) in [6, 6.07) is 24.2. The summed E-state index contributed by atoms with van der Waals surface area (Å²) in [6.45, 7) is 15.3. The Labute approximate surface area is 223 Å². The largest absolute Gasteiger partial charge is 0.493 e. The Morgan fingerprint density at radius 2 is 1.49 bits per heavy atom. The van der Waals surface area contributed by atoms with E-state index < -0.39 is 0 Å². The Kier molecular flexibility index (Phi) is 8.11. The quantitative estimate of drug-likeness (QED) is 0.278. The van der Waals surface area contributed by atoms with Crippen molar-refractivity contribution < 1.29 is 9.53 Å². The fourth-order valence-corrected chi connectivity index (χ4v) is 5.57. The fraction of sp³-hybridized carbons (Fsp3) is 0.441. The van der Waals surface area contributed by atoms with Gasteiger partial charge in [0.15, 0.2) is 0 Å². The van der Waals surface area contributed by atoms with Crippen molar-refractivity contribution in [1.82, 2.24) is 4.90 Å². The molecule has 0 fully saturated rings. The van der Waals surface area contributed by atoms with Crippen molar-refractivity contribution in [2.24, 2.45) is 0 Å². The van der Waals surface area contributed by atoms with Gasteiger partial charge < -0.3 is 9.64 Å². The summed E-state index contributed by atoms with van der Waals surface area (Å²) >= 11 is 0. The van der Waals surface area contributed by atoms with Gasteiger partial charge >= 0.3 is 0 Å². The lowest BCUT2D eigenvalue weighted by atomic mass is 9.63. The van der Waals surface area contributed by atoms with Gasteiger partial charge in [0.1, 0.15) is 5.75 Å². The number of hydrogen-bond donors (Lipinski definition) is 0. The van der Waals surface area contributed by atoms with E-state index in [-0.39, 0.29) is 16.7 Å². The zero-order chi connectivity index (χ0) is 26.6. The van der Waals surface area contributed by atoms with E-state index in [0.717, 1.165) is 37.2 Å². The summed E-state index contributed by atoms with van der Waals surface area (Å²) in [7, 11) is 0. The van der Waals surface area contributed by atoms with Crippen molar-refractivity contribution >= 4 is 5.91 Å². The summed E-state index contributed by atoms with van der Waals surface area (Å²) < 4.78 is 6.39. The van der Waals surface area contributed by atoms with Crippen molar-refractivity contribution in [1.29, 1.82) is 0 Å². The van der Waals surface area contributed by atoms with Gasteiger partial charge in [0.2, 0.25) is 5.91 Å². The lowest BCUT2D eigenvalue weighted by molar-refractivity contribution is -0.128. The Hall–Kier alpha value is -3.07. The highest BCUT2D eigenvalue weighted by atomic mass is 16.5. The van der Waals surface area contributed by atoms with Crippen LogP contribution in [0.1, 0.15) is 78.4 Å². The molecule has 0 saturated heterocycles. The minimum Gasteiger partial charge on any atom is -0.493 e. The number of amides is 1. The molecular formula is C34H43NO2. The lowest BCUT2D eigenvalue weighted by Gasteiger charge is -2.42. The number of fused-ring (bicyclic) bond motifs is 1. The molecule has 0 unspecified atom stereocenters. The maximum absolute atomic E-state index is 11.7. The average molecular weight is 498 g/mol. The Morgan fingerprint density at radius 3 is 2.16 bits per heavy atom. The Balaban J connectivity index is 1.64. The first kappa shape index (κ1) is 27.0. The zero-order valence-corrected chi connectivity index (χ0v) is 23.6. The molecular weight excluding hydrogens is 454 g/mol. The van der Waals surface area contributed by atoms with Crippen LogP contribution in [-0.4, -0.2) is 30.5 Å². The van der Waals surface area contributed by atoms with Crippen molar-refractivity contribution in [3.8, 4) is 28.0 Å². The maximum Gasteiger partial charge on any atom is 0.219 e. The van der Waals surface area contributed by atoms with Crippen LogP contribution in [0.15, 0.2) is 66.7 Å². The molecule has 0 aliphatic heterocycles. The summed E-state index contributed by atoms with van der Waals surface area (Å²) in [5.41, 5.74) is 8.04. The number of benzene rings is 3. The predicted octanol–water partition coefficient (Wildman–Crippen LogP) is 8.40. The van der Waals surface area contributed by atoms with Gasteiger partial charge in [0.25, 0.3) is 0 Å². The molecule has 3 aromatic rings. The molecule has 0 heterocycles. The third-order valence-electron chi connectivity index (χ3n) is 8.16. The molecule has 0 spiro atoms.